The second-order valence-corrected chi connectivity index (χ2v) is 11.8. The van der Waals surface area contributed by atoms with Crippen molar-refractivity contribution in [2.75, 3.05) is 17.3 Å². The average Bonchev–Trinajstić information content (AvgIpc) is 2.78. The van der Waals surface area contributed by atoms with Gasteiger partial charge in [0, 0.05) is 6.42 Å². The molecule has 244 valence electrons. The molecule has 0 spiro atoms. The topological polar surface area (TPSA) is 91.3 Å². The predicted octanol–water partition coefficient (Wildman–Crippen LogP) is 5.45. The summed E-state index contributed by atoms with van der Waals surface area (Å²) in [4.78, 5) is 22.0. The van der Waals surface area contributed by atoms with Crippen LogP contribution in [-0.2, 0) is 30.6 Å². The molecule has 0 aromatic rings. The maximum atomic E-state index is 13.0. The van der Waals surface area contributed by atoms with Crippen LogP contribution in [0.3, 0.4) is 0 Å². The molecule has 1 rings (SSSR count). The van der Waals surface area contributed by atoms with E-state index in [1.54, 1.807) is 0 Å². The number of alkyl halides is 17. The van der Waals surface area contributed by atoms with Crippen molar-refractivity contribution >= 4 is 32.6 Å². The molecule has 1 aliphatic heterocycles. The van der Waals surface area contributed by atoms with Crippen molar-refractivity contribution in [1.29, 1.82) is 0 Å². The van der Waals surface area contributed by atoms with E-state index in [1.807, 2.05) is 6.92 Å². The first-order chi connectivity index (χ1) is 17.7. The zero-order valence-electron chi connectivity index (χ0n) is 19.5. The van der Waals surface area contributed by atoms with Gasteiger partial charge in [-0.2, -0.15) is 74.6 Å². The maximum absolute atomic E-state index is 13.0. The van der Waals surface area contributed by atoms with Crippen molar-refractivity contribution in [3.8, 4) is 0 Å². The summed E-state index contributed by atoms with van der Waals surface area (Å²) in [5.74, 6) is -48.8. The SMILES string of the molecule is CCC(=O)C[S+]1CCC(=O)CC1.O=S(=O)([O-])C(F)(F)C(F)(F)C(F)(F)C(F)(F)C(F)(F)C(F)(F)C(F)(F)C(F)(F)F. The van der Waals surface area contributed by atoms with E-state index in [9.17, 15) is 97.2 Å². The number of ketones is 2. The van der Waals surface area contributed by atoms with Gasteiger partial charge in [0.1, 0.15) is 17.3 Å². The quantitative estimate of drug-likeness (QED) is 0.174. The van der Waals surface area contributed by atoms with Gasteiger partial charge in [-0.05, 0) is 10.9 Å². The first-order valence-electron chi connectivity index (χ1n) is 10.1. The van der Waals surface area contributed by atoms with Gasteiger partial charge in [-0.25, -0.2) is 8.42 Å². The molecule has 0 radical (unpaired) electrons. The standard InChI is InChI=1S/C9H15O2S.C8HF17O3S/c1-2-8(10)7-12-5-3-9(11)4-6-12;9-1(10,3(13,14)5(17,18)7(21,22)23)2(11,12)4(15,16)6(19,20)8(24,25)29(26,27)28/h2-7H2,1H3;(H,26,27,28)/q+1;/p-1. The van der Waals surface area contributed by atoms with E-state index in [2.05, 4.69) is 0 Å². The normalized spacial score (nSPS) is 17.7. The molecule has 5 nitrogen and oxygen atoms in total. The van der Waals surface area contributed by atoms with Crippen molar-refractivity contribution in [1.82, 2.24) is 0 Å². The minimum absolute atomic E-state index is 0.234. The first kappa shape index (κ1) is 39.4. The van der Waals surface area contributed by atoms with Gasteiger partial charge in [0.05, 0.1) is 12.8 Å². The van der Waals surface area contributed by atoms with E-state index < -0.39 is 57.1 Å². The second kappa shape index (κ2) is 11.8. The van der Waals surface area contributed by atoms with Gasteiger partial charge in [-0.3, -0.25) is 9.59 Å². The van der Waals surface area contributed by atoms with Gasteiger partial charge in [-0.1, -0.05) is 6.92 Å². The van der Waals surface area contributed by atoms with Crippen molar-refractivity contribution in [3.63, 3.8) is 0 Å². The van der Waals surface area contributed by atoms with Crippen LogP contribution < -0.4 is 0 Å². The highest BCUT2D eigenvalue weighted by Crippen LogP contribution is 2.64. The summed E-state index contributed by atoms with van der Waals surface area (Å²) in [7, 11) is -7.91. The second-order valence-electron chi connectivity index (χ2n) is 8.01. The highest BCUT2D eigenvalue weighted by atomic mass is 32.2. The molecular formula is C17H15F17O5S2. The molecular weight excluding hydrogens is 671 g/mol. The van der Waals surface area contributed by atoms with E-state index >= 15 is 0 Å². The lowest BCUT2D eigenvalue weighted by molar-refractivity contribution is -0.458. The summed E-state index contributed by atoms with van der Waals surface area (Å²) in [6.07, 6.45) is -5.83. The van der Waals surface area contributed by atoms with E-state index in [-0.39, 0.29) is 10.9 Å². The Morgan fingerprint density at radius 2 is 1.00 bits per heavy atom. The van der Waals surface area contributed by atoms with Gasteiger partial charge < -0.3 is 4.55 Å². The lowest BCUT2D eigenvalue weighted by Crippen LogP contribution is -2.75. The Bertz CT molecular complexity index is 1060. The van der Waals surface area contributed by atoms with Crippen LogP contribution in [0.5, 0.6) is 0 Å². The molecule has 0 bridgehead atoms. The Hall–Kier alpha value is -1.59. The molecule has 1 aliphatic rings. The van der Waals surface area contributed by atoms with Gasteiger partial charge in [0.25, 0.3) is 0 Å². The molecule has 1 fully saturated rings. The number of halogens is 17. The monoisotopic (exact) mass is 686 g/mol. The van der Waals surface area contributed by atoms with E-state index in [4.69, 9.17) is 0 Å². The molecule has 0 N–H and O–H groups in total. The highest BCUT2D eigenvalue weighted by Gasteiger charge is 2.95. The number of carbonyl (C=O) groups is 2. The Morgan fingerprint density at radius 3 is 1.29 bits per heavy atom. The summed E-state index contributed by atoms with van der Waals surface area (Å²) in [6, 6.07) is 0. The van der Waals surface area contributed by atoms with Gasteiger partial charge in [0.2, 0.25) is 0 Å². The molecule has 0 aromatic carbocycles. The minimum atomic E-state index is -8.92. The fourth-order valence-electron chi connectivity index (χ4n) is 2.52. The van der Waals surface area contributed by atoms with Crippen molar-refractivity contribution in [2.24, 2.45) is 0 Å². The summed E-state index contributed by atoms with van der Waals surface area (Å²) < 4.78 is 244. The predicted molar refractivity (Wildman–Crippen MR) is 102 cm³/mol. The molecule has 0 unspecified atom stereocenters. The molecule has 1 saturated heterocycles. The smallest absolute Gasteiger partial charge is 0.460 e. The van der Waals surface area contributed by atoms with Crippen molar-refractivity contribution in [2.45, 2.75) is 73.2 Å². The summed E-state index contributed by atoms with van der Waals surface area (Å²) in [5.41, 5.74) is 0. The van der Waals surface area contributed by atoms with E-state index in [1.165, 1.54) is 0 Å². The largest absolute Gasteiger partial charge is 0.743 e. The number of hydrogen-bond acceptors (Lipinski definition) is 5. The average molecular weight is 686 g/mol. The summed E-state index contributed by atoms with van der Waals surface area (Å²) in [6.45, 7) is 1.90. The maximum Gasteiger partial charge on any atom is 0.460 e. The molecule has 1 heterocycles. The highest BCUT2D eigenvalue weighted by molar-refractivity contribution is 7.97. The summed E-state index contributed by atoms with van der Waals surface area (Å²) in [5, 5.41) is -7.95. The molecule has 0 aliphatic carbocycles. The molecule has 0 aromatic heterocycles. The van der Waals surface area contributed by atoms with Crippen LogP contribution in [-0.4, -0.2) is 88.8 Å². The molecule has 41 heavy (non-hydrogen) atoms. The zero-order chi connectivity index (χ0) is 33.5. The lowest BCUT2D eigenvalue weighted by atomic mass is 9.91. The van der Waals surface area contributed by atoms with Gasteiger partial charge in [-0.15, -0.1) is 0 Å². The third-order valence-corrected chi connectivity index (χ3v) is 8.28. The van der Waals surface area contributed by atoms with Crippen LogP contribution >= 0.6 is 0 Å². The molecule has 0 saturated carbocycles. The number of rotatable bonds is 10. The van der Waals surface area contributed by atoms with Crippen molar-refractivity contribution < 1.29 is 97.2 Å². The lowest BCUT2D eigenvalue weighted by Gasteiger charge is -2.42. The zero-order valence-corrected chi connectivity index (χ0v) is 21.2. The van der Waals surface area contributed by atoms with Gasteiger partial charge in [0.15, 0.2) is 21.7 Å². The van der Waals surface area contributed by atoms with Crippen LogP contribution in [0.4, 0.5) is 74.6 Å². The van der Waals surface area contributed by atoms with E-state index in [0.29, 0.717) is 30.8 Å². The number of Topliss-reactive ketones (excluding diaryl/α,β-unsaturated/α-hetero) is 2. The van der Waals surface area contributed by atoms with Crippen LogP contribution in [0, 0.1) is 0 Å². The number of carbonyl (C=O) groups excluding carboxylic acids is 2. The fraction of sp³-hybridized carbons (Fsp3) is 0.882. The molecule has 24 heteroatoms. The molecule has 0 amide bonds. The van der Waals surface area contributed by atoms with Gasteiger partial charge >= 0.3 is 47.0 Å². The third-order valence-electron chi connectivity index (χ3n) is 5.11. The van der Waals surface area contributed by atoms with E-state index in [0.717, 1.165) is 17.3 Å². The Balaban J connectivity index is 0.00000110. The van der Waals surface area contributed by atoms with Crippen LogP contribution in [0.25, 0.3) is 0 Å². The number of hydrogen-bond donors (Lipinski definition) is 0. The van der Waals surface area contributed by atoms with Crippen LogP contribution in [0.1, 0.15) is 26.2 Å². The Kier molecular flexibility index (Phi) is 11.4. The fourth-order valence-corrected chi connectivity index (χ4v) is 5.15. The Labute approximate surface area is 220 Å². The molecule has 0 atom stereocenters. The first-order valence-corrected chi connectivity index (χ1v) is 13.2. The van der Waals surface area contributed by atoms with Crippen molar-refractivity contribution in [3.05, 3.63) is 0 Å². The summed E-state index contributed by atoms with van der Waals surface area (Å²) >= 11 is 0. The third kappa shape index (κ3) is 6.82. The minimum Gasteiger partial charge on any atom is -0.743 e. The van der Waals surface area contributed by atoms with Crippen LogP contribution in [0.15, 0.2) is 0 Å². The Morgan fingerprint density at radius 1 is 0.683 bits per heavy atom. The van der Waals surface area contributed by atoms with Crippen LogP contribution in [0.2, 0.25) is 0 Å².